The van der Waals surface area contributed by atoms with Crippen molar-refractivity contribution in [1.29, 1.82) is 5.26 Å². The van der Waals surface area contributed by atoms with Crippen molar-refractivity contribution in [3.63, 3.8) is 0 Å². The highest BCUT2D eigenvalue weighted by atomic mass is 16.3. The van der Waals surface area contributed by atoms with Gasteiger partial charge in [-0.2, -0.15) is 5.26 Å². The van der Waals surface area contributed by atoms with Crippen LogP contribution in [0.15, 0.2) is 40.8 Å². The standard InChI is InChI=1S/C22H25N3O2/c1-2-11-25-18-8-7-17(22(25)26)13-24(14-18)15-19-9-10-21(27-19)20-6-4-3-5-16(20)12-23/h3-6,9-10,17-18H,2,7-8,11,13-15H2,1H3/t17-,18+/m0/s1. The van der Waals surface area contributed by atoms with Crippen LogP contribution in [0.4, 0.5) is 0 Å². The van der Waals surface area contributed by atoms with E-state index in [2.05, 4.69) is 22.8 Å². The van der Waals surface area contributed by atoms with Gasteiger partial charge < -0.3 is 9.32 Å². The molecular formula is C22H25N3O2. The Labute approximate surface area is 160 Å². The van der Waals surface area contributed by atoms with E-state index in [1.807, 2.05) is 30.3 Å². The molecule has 5 heteroatoms. The van der Waals surface area contributed by atoms with E-state index in [0.29, 0.717) is 24.1 Å². The number of benzene rings is 1. The summed E-state index contributed by atoms with van der Waals surface area (Å²) in [5.74, 6) is 2.06. The Bertz CT molecular complexity index is 866. The lowest BCUT2D eigenvalue weighted by atomic mass is 9.94. The highest BCUT2D eigenvalue weighted by molar-refractivity contribution is 5.80. The minimum atomic E-state index is 0.115. The summed E-state index contributed by atoms with van der Waals surface area (Å²) >= 11 is 0. The number of fused-ring (bicyclic) bond motifs is 4. The normalized spacial score (nSPS) is 22.7. The molecule has 5 rings (SSSR count). The van der Waals surface area contributed by atoms with Crippen LogP contribution in [0.5, 0.6) is 0 Å². The van der Waals surface area contributed by atoms with Crippen LogP contribution in [0.2, 0.25) is 0 Å². The number of hydrogen-bond acceptors (Lipinski definition) is 4. The van der Waals surface area contributed by atoms with Crippen molar-refractivity contribution in [3.05, 3.63) is 47.7 Å². The highest BCUT2D eigenvalue weighted by Crippen LogP contribution is 2.31. The number of hydrogen-bond donors (Lipinski definition) is 0. The lowest BCUT2D eigenvalue weighted by Crippen LogP contribution is -2.48. The molecule has 27 heavy (non-hydrogen) atoms. The number of carbonyl (C=O) groups is 1. The number of carbonyl (C=O) groups excluding carboxylic acids is 1. The van der Waals surface area contributed by atoms with Gasteiger partial charge in [-0.1, -0.05) is 19.1 Å². The van der Waals surface area contributed by atoms with Gasteiger partial charge in [0.15, 0.2) is 0 Å². The first kappa shape index (κ1) is 17.8. The number of nitriles is 1. The molecule has 3 saturated heterocycles. The minimum Gasteiger partial charge on any atom is -0.460 e. The van der Waals surface area contributed by atoms with Gasteiger partial charge in [0.05, 0.1) is 24.1 Å². The number of rotatable bonds is 5. The van der Waals surface area contributed by atoms with Gasteiger partial charge >= 0.3 is 0 Å². The second-order valence-corrected chi connectivity index (χ2v) is 7.58. The van der Waals surface area contributed by atoms with Crippen molar-refractivity contribution < 1.29 is 9.21 Å². The van der Waals surface area contributed by atoms with E-state index in [1.54, 1.807) is 6.07 Å². The Balaban J connectivity index is 1.50. The van der Waals surface area contributed by atoms with Crippen molar-refractivity contribution in [3.8, 4) is 17.4 Å². The molecule has 140 valence electrons. The smallest absolute Gasteiger partial charge is 0.227 e. The second kappa shape index (κ2) is 7.58. The van der Waals surface area contributed by atoms with Crippen molar-refractivity contribution >= 4 is 5.91 Å². The zero-order valence-corrected chi connectivity index (χ0v) is 15.7. The maximum Gasteiger partial charge on any atom is 0.227 e. The molecule has 1 aromatic heterocycles. The van der Waals surface area contributed by atoms with Gasteiger partial charge in [-0.05, 0) is 43.5 Å². The van der Waals surface area contributed by atoms with E-state index in [-0.39, 0.29) is 5.92 Å². The number of piperidine rings is 1. The summed E-state index contributed by atoms with van der Waals surface area (Å²) in [5, 5.41) is 9.30. The molecule has 0 radical (unpaired) electrons. The molecule has 3 fully saturated rings. The fourth-order valence-electron chi connectivity index (χ4n) is 4.42. The molecule has 2 bridgehead atoms. The summed E-state index contributed by atoms with van der Waals surface area (Å²) in [6, 6.07) is 14.0. The van der Waals surface area contributed by atoms with Crippen LogP contribution in [0.3, 0.4) is 0 Å². The maximum absolute atomic E-state index is 12.7. The van der Waals surface area contributed by atoms with Crippen molar-refractivity contribution in [1.82, 2.24) is 9.80 Å². The first-order chi connectivity index (χ1) is 13.2. The SMILES string of the molecule is CCCN1C(=O)[C@H]2CC[C@@H]1CN(Cc1ccc(-c3ccccc3C#N)o1)C2. The molecule has 2 atom stereocenters. The highest BCUT2D eigenvalue weighted by Gasteiger charge is 2.40. The average molecular weight is 363 g/mol. The first-order valence-corrected chi connectivity index (χ1v) is 9.80. The number of furan rings is 1. The monoisotopic (exact) mass is 363 g/mol. The summed E-state index contributed by atoms with van der Waals surface area (Å²) in [4.78, 5) is 17.2. The molecule has 0 N–H and O–H groups in total. The molecule has 1 amide bonds. The van der Waals surface area contributed by atoms with Crippen LogP contribution in [0, 0.1) is 17.2 Å². The van der Waals surface area contributed by atoms with Crippen molar-refractivity contribution in [2.45, 2.75) is 38.8 Å². The summed E-state index contributed by atoms with van der Waals surface area (Å²) in [6.45, 7) is 5.42. The fraction of sp³-hybridized carbons (Fsp3) is 0.455. The quantitative estimate of drug-likeness (QED) is 0.813. The van der Waals surface area contributed by atoms with Gasteiger partial charge in [0.25, 0.3) is 0 Å². The predicted molar refractivity (Wildman–Crippen MR) is 103 cm³/mol. The van der Waals surface area contributed by atoms with Gasteiger partial charge in [-0.3, -0.25) is 9.69 Å². The van der Waals surface area contributed by atoms with Crippen LogP contribution >= 0.6 is 0 Å². The average Bonchev–Trinajstić information content (AvgIpc) is 2.99. The van der Waals surface area contributed by atoms with Crippen LogP contribution in [-0.4, -0.2) is 41.4 Å². The summed E-state index contributed by atoms with van der Waals surface area (Å²) in [6.07, 6.45) is 3.11. The lowest BCUT2D eigenvalue weighted by molar-refractivity contribution is -0.139. The maximum atomic E-state index is 12.7. The predicted octanol–water partition coefficient (Wildman–Crippen LogP) is 3.65. The third kappa shape index (κ3) is 3.50. The molecular weight excluding hydrogens is 338 g/mol. The first-order valence-electron chi connectivity index (χ1n) is 9.80. The van der Waals surface area contributed by atoms with Crippen molar-refractivity contribution in [2.24, 2.45) is 5.92 Å². The molecule has 0 saturated carbocycles. The van der Waals surface area contributed by atoms with E-state index in [4.69, 9.17) is 4.42 Å². The molecule has 4 heterocycles. The Morgan fingerprint density at radius 1 is 1.19 bits per heavy atom. The Morgan fingerprint density at radius 3 is 2.85 bits per heavy atom. The number of nitrogens with zero attached hydrogens (tertiary/aromatic N) is 3. The molecule has 0 spiro atoms. The Kier molecular flexibility index (Phi) is 5.00. The summed E-state index contributed by atoms with van der Waals surface area (Å²) < 4.78 is 6.06. The van der Waals surface area contributed by atoms with Gasteiger partial charge in [0.1, 0.15) is 11.5 Å². The molecule has 3 aliphatic heterocycles. The molecule has 5 nitrogen and oxygen atoms in total. The van der Waals surface area contributed by atoms with Crippen LogP contribution in [0.25, 0.3) is 11.3 Å². The van der Waals surface area contributed by atoms with E-state index in [0.717, 1.165) is 56.0 Å². The molecule has 0 unspecified atom stereocenters. The summed E-state index contributed by atoms with van der Waals surface area (Å²) in [7, 11) is 0. The molecule has 3 aliphatic rings. The van der Waals surface area contributed by atoms with Crippen LogP contribution in [-0.2, 0) is 11.3 Å². The third-order valence-corrected chi connectivity index (χ3v) is 5.69. The van der Waals surface area contributed by atoms with Gasteiger partial charge in [-0.15, -0.1) is 0 Å². The molecule has 0 aliphatic carbocycles. The topological polar surface area (TPSA) is 60.5 Å². The van der Waals surface area contributed by atoms with Gasteiger partial charge in [0.2, 0.25) is 5.91 Å². The van der Waals surface area contributed by atoms with Crippen LogP contribution in [0.1, 0.15) is 37.5 Å². The zero-order chi connectivity index (χ0) is 18.8. The summed E-state index contributed by atoms with van der Waals surface area (Å²) in [5.41, 5.74) is 1.44. The third-order valence-electron chi connectivity index (χ3n) is 5.69. The van der Waals surface area contributed by atoms with Gasteiger partial charge in [0, 0.05) is 31.2 Å². The van der Waals surface area contributed by atoms with Crippen LogP contribution < -0.4 is 0 Å². The minimum absolute atomic E-state index is 0.115. The number of amides is 1. The van der Waals surface area contributed by atoms with Gasteiger partial charge in [-0.25, -0.2) is 0 Å². The Morgan fingerprint density at radius 2 is 2.04 bits per heavy atom. The Hall–Kier alpha value is -2.58. The molecule has 1 aromatic carbocycles. The lowest BCUT2D eigenvalue weighted by Gasteiger charge is -2.35. The van der Waals surface area contributed by atoms with E-state index >= 15 is 0 Å². The van der Waals surface area contributed by atoms with E-state index in [9.17, 15) is 10.1 Å². The fourth-order valence-corrected chi connectivity index (χ4v) is 4.42. The molecule has 2 aromatic rings. The largest absolute Gasteiger partial charge is 0.460 e. The second-order valence-electron chi connectivity index (χ2n) is 7.58. The zero-order valence-electron chi connectivity index (χ0n) is 15.7. The van der Waals surface area contributed by atoms with E-state index < -0.39 is 0 Å². The van der Waals surface area contributed by atoms with E-state index in [1.165, 1.54) is 0 Å². The van der Waals surface area contributed by atoms with Crippen molar-refractivity contribution in [2.75, 3.05) is 19.6 Å².